The van der Waals surface area contributed by atoms with Crippen LogP contribution in [0.2, 0.25) is 0 Å². The van der Waals surface area contributed by atoms with Gasteiger partial charge in [0.05, 0.1) is 5.56 Å². The van der Waals surface area contributed by atoms with Crippen molar-refractivity contribution in [3.05, 3.63) is 29.3 Å². The summed E-state index contributed by atoms with van der Waals surface area (Å²) in [6.07, 6.45) is -3.79. The molecule has 1 aromatic carbocycles. The fourth-order valence-corrected chi connectivity index (χ4v) is 2.22. The minimum Gasteiger partial charge on any atom is -0.358 e. The zero-order valence-corrected chi connectivity index (χ0v) is 13.1. The molecule has 5 nitrogen and oxygen atoms in total. The molecule has 2 amide bonds. The molecular weight excluding hydrogens is 335 g/mol. The summed E-state index contributed by atoms with van der Waals surface area (Å²) in [7, 11) is 1.41. The SMILES string of the molecule is CNC(=O)C1(C(=O)Nc2cc(CN)cc(C(F)(F)F)c2)CC1.Cl. The van der Waals surface area contributed by atoms with Gasteiger partial charge in [0, 0.05) is 19.3 Å². The number of nitrogens with two attached hydrogens (primary N) is 1. The largest absolute Gasteiger partial charge is 0.416 e. The molecule has 0 bridgehead atoms. The van der Waals surface area contributed by atoms with Crippen LogP contribution in [0.1, 0.15) is 24.0 Å². The van der Waals surface area contributed by atoms with E-state index in [0.29, 0.717) is 12.8 Å². The average Bonchev–Trinajstić information content (AvgIpc) is 3.26. The lowest BCUT2D eigenvalue weighted by Crippen LogP contribution is -2.38. The van der Waals surface area contributed by atoms with Crippen molar-refractivity contribution < 1.29 is 22.8 Å². The van der Waals surface area contributed by atoms with E-state index in [9.17, 15) is 22.8 Å². The first-order valence-electron chi connectivity index (χ1n) is 6.68. The van der Waals surface area contributed by atoms with Gasteiger partial charge in [-0.15, -0.1) is 12.4 Å². The Kier molecular flexibility index (Phi) is 5.65. The van der Waals surface area contributed by atoms with Gasteiger partial charge in [0.15, 0.2) is 0 Å². The minimum absolute atomic E-state index is 0. The van der Waals surface area contributed by atoms with Gasteiger partial charge >= 0.3 is 6.18 Å². The van der Waals surface area contributed by atoms with E-state index < -0.39 is 29.0 Å². The van der Waals surface area contributed by atoms with Crippen LogP contribution in [0.15, 0.2) is 18.2 Å². The highest BCUT2D eigenvalue weighted by Crippen LogP contribution is 2.47. The Morgan fingerprint density at radius 2 is 1.83 bits per heavy atom. The lowest BCUT2D eigenvalue weighted by molar-refractivity contribution is -0.138. The number of hydrogen-bond acceptors (Lipinski definition) is 3. The van der Waals surface area contributed by atoms with Gasteiger partial charge < -0.3 is 16.4 Å². The van der Waals surface area contributed by atoms with Gasteiger partial charge in [-0.05, 0) is 36.6 Å². The third-order valence-corrected chi connectivity index (χ3v) is 3.66. The van der Waals surface area contributed by atoms with E-state index in [4.69, 9.17) is 5.73 Å². The number of anilines is 1. The van der Waals surface area contributed by atoms with Crippen LogP contribution in [0, 0.1) is 5.41 Å². The van der Waals surface area contributed by atoms with Crippen LogP contribution in [0.5, 0.6) is 0 Å². The molecule has 0 aliphatic heterocycles. The number of amides is 2. The van der Waals surface area contributed by atoms with E-state index in [1.165, 1.54) is 13.1 Å². The van der Waals surface area contributed by atoms with Crippen LogP contribution in [-0.4, -0.2) is 18.9 Å². The average molecular weight is 352 g/mol. The van der Waals surface area contributed by atoms with Crippen LogP contribution in [-0.2, 0) is 22.3 Å². The van der Waals surface area contributed by atoms with Crippen molar-refractivity contribution in [2.45, 2.75) is 25.6 Å². The Bertz CT molecular complexity index is 616. The van der Waals surface area contributed by atoms with E-state index in [1.54, 1.807) is 0 Å². The summed E-state index contributed by atoms with van der Waals surface area (Å²) in [4.78, 5) is 23.9. The molecule has 1 fully saturated rings. The Labute approximate surface area is 137 Å². The molecule has 0 saturated heterocycles. The molecule has 0 aromatic heterocycles. The highest BCUT2D eigenvalue weighted by molar-refractivity contribution is 6.13. The van der Waals surface area contributed by atoms with Crippen molar-refractivity contribution in [1.82, 2.24) is 5.32 Å². The quantitative estimate of drug-likeness (QED) is 0.726. The number of nitrogens with one attached hydrogen (secondary N) is 2. The van der Waals surface area contributed by atoms with Gasteiger partial charge in [-0.25, -0.2) is 0 Å². The van der Waals surface area contributed by atoms with E-state index >= 15 is 0 Å². The summed E-state index contributed by atoms with van der Waals surface area (Å²) < 4.78 is 38.5. The van der Waals surface area contributed by atoms with E-state index in [-0.39, 0.29) is 30.2 Å². The second kappa shape index (κ2) is 6.76. The van der Waals surface area contributed by atoms with E-state index in [2.05, 4.69) is 10.6 Å². The number of carbonyl (C=O) groups excluding carboxylic acids is 2. The van der Waals surface area contributed by atoms with E-state index in [0.717, 1.165) is 12.1 Å². The van der Waals surface area contributed by atoms with Crippen molar-refractivity contribution >= 4 is 29.9 Å². The fourth-order valence-electron chi connectivity index (χ4n) is 2.22. The Balaban J connectivity index is 0.00000264. The number of halogens is 4. The van der Waals surface area contributed by atoms with Crippen LogP contribution < -0.4 is 16.4 Å². The molecular formula is C14H17ClF3N3O2. The predicted octanol–water partition coefficient (Wildman–Crippen LogP) is 2.05. The summed E-state index contributed by atoms with van der Waals surface area (Å²) in [5.41, 5.74) is 3.54. The molecule has 1 aliphatic rings. The van der Waals surface area contributed by atoms with Gasteiger partial charge in [-0.1, -0.05) is 0 Å². The van der Waals surface area contributed by atoms with Gasteiger partial charge in [0.2, 0.25) is 11.8 Å². The maximum absolute atomic E-state index is 12.8. The Morgan fingerprint density at radius 1 is 1.22 bits per heavy atom. The molecule has 0 radical (unpaired) electrons. The molecule has 128 valence electrons. The predicted molar refractivity (Wildman–Crippen MR) is 80.9 cm³/mol. The molecule has 4 N–H and O–H groups in total. The molecule has 2 rings (SSSR count). The number of alkyl halides is 3. The van der Waals surface area contributed by atoms with Crippen LogP contribution >= 0.6 is 12.4 Å². The number of rotatable bonds is 4. The summed E-state index contributed by atoms with van der Waals surface area (Å²) in [5.74, 6) is -1.04. The van der Waals surface area contributed by atoms with Crippen LogP contribution in [0.25, 0.3) is 0 Å². The molecule has 1 aromatic rings. The highest BCUT2D eigenvalue weighted by atomic mass is 35.5. The molecule has 0 heterocycles. The fraction of sp³-hybridized carbons (Fsp3) is 0.429. The highest BCUT2D eigenvalue weighted by Gasteiger charge is 2.56. The molecule has 1 saturated carbocycles. The minimum atomic E-state index is -4.54. The van der Waals surface area contributed by atoms with Crippen molar-refractivity contribution in [3.63, 3.8) is 0 Å². The summed E-state index contributed by atoms with van der Waals surface area (Å²) in [5, 5.41) is 4.78. The van der Waals surface area contributed by atoms with Gasteiger partial charge in [-0.2, -0.15) is 13.2 Å². The summed E-state index contributed by atoms with van der Waals surface area (Å²) in [6.45, 7) is -0.0899. The van der Waals surface area contributed by atoms with Crippen molar-refractivity contribution in [2.24, 2.45) is 11.1 Å². The standard InChI is InChI=1S/C14H16F3N3O2.ClH/c1-19-11(21)13(2-3-13)12(22)20-10-5-8(7-18)4-9(6-10)14(15,16)17;/h4-6H,2-3,7,18H2,1H3,(H,19,21)(H,20,22);1H. The maximum atomic E-state index is 12.8. The third kappa shape index (κ3) is 3.94. The third-order valence-electron chi connectivity index (χ3n) is 3.66. The van der Waals surface area contributed by atoms with Gasteiger partial charge in [0.1, 0.15) is 5.41 Å². The second-order valence-corrected chi connectivity index (χ2v) is 5.24. The molecule has 0 unspecified atom stereocenters. The first kappa shape index (κ1) is 19.2. The molecule has 23 heavy (non-hydrogen) atoms. The molecule has 0 spiro atoms. The molecule has 1 aliphatic carbocycles. The number of carbonyl (C=O) groups is 2. The monoisotopic (exact) mass is 351 g/mol. The smallest absolute Gasteiger partial charge is 0.358 e. The van der Waals surface area contributed by atoms with Crippen molar-refractivity contribution in [1.29, 1.82) is 0 Å². The Hall–Kier alpha value is -1.80. The summed E-state index contributed by atoms with van der Waals surface area (Å²) in [6, 6.07) is 3.13. The molecule has 9 heteroatoms. The van der Waals surface area contributed by atoms with Gasteiger partial charge in [-0.3, -0.25) is 9.59 Å². The first-order valence-corrected chi connectivity index (χ1v) is 6.68. The van der Waals surface area contributed by atoms with Crippen molar-refractivity contribution in [3.8, 4) is 0 Å². The Morgan fingerprint density at radius 3 is 2.26 bits per heavy atom. The number of benzene rings is 1. The maximum Gasteiger partial charge on any atom is 0.416 e. The first-order chi connectivity index (χ1) is 10.2. The number of hydrogen-bond donors (Lipinski definition) is 3. The summed E-state index contributed by atoms with van der Waals surface area (Å²) >= 11 is 0. The second-order valence-electron chi connectivity index (χ2n) is 5.24. The van der Waals surface area contributed by atoms with Crippen LogP contribution in [0.3, 0.4) is 0 Å². The van der Waals surface area contributed by atoms with E-state index in [1.807, 2.05) is 0 Å². The zero-order chi connectivity index (χ0) is 16.5. The lowest BCUT2D eigenvalue weighted by atomic mass is 10.0. The topological polar surface area (TPSA) is 84.2 Å². The molecule has 0 atom stereocenters. The lowest BCUT2D eigenvalue weighted by Gasteiger charge is -2.16. The van der Waals surface area contributed by atoms with Crippen LogP contribution in [0.4, 0.5) is 18.9 Å². The zero-order valence-electron chi connectivity index (χ0n) is 12.3. The normalized spacial score (nSPS) is 15.3. The van der Waals surface area contributed by atoms with Crippen molar-refractivity contribution in [2.75, 3.05) is 12.4 Å². The van der Waals surface area contributed by atoms with Gasteiger partial charge in [0.25, 0.3) is 0 Å².